The minimum absolute atomic E-state index is 0.0408. The van der Waals surface area contributed by atoms with Crippen molar-refractivity contribution in [2.75, 3.05) is 18.4 Å². The molecule has 0 aromatic carbocycles. The van der Waals surface area contributed by atoms with Gasteiger partial charge in [-0.05, 0) is 19.4 Å². The number of nitrogens with zero attached hydrogens (tertiary/aromatic N) is 1. The first-order valence-corrected chi connectivity index (χ1v) is 6.42. The Balaban J connectivity index is 2.82. The van der Waals surface area contributed by atoms with Gasteiger partial charge in [0.2, 0.25) is 0 Å². The van der Waals surface area contributed by atoms with Crippen LogP contribution in [0.1, 0.15) is 29.4 Å². The summed E-state index contributed by atoms with van der Waals surface area (Å²) in [4.78, 5) is 15.8. The van der Waals surface area contributed by atoms with Crippen LogP contribution in [-0.2, 0) is 0 Å². The van der Waals surface area contributed by atoms with Crippen molar-refractivity contribution >= 4 is 11.6 Å². The van der Waals surface area contributed by atoms with E-state index in [0.717, 1.165) is 6.42 Å². The van der Waals surface area contributed by atoms with E-state index in [0.29, 0.717) is 17.9 Å². The number of nitrogens with one attached hydrogen (secondary N) is 2. The molecule has 0 saturated heterocycles. The van der Waals surface area contributed by atoms with Crippen molar-refractivity contribution in [1.29, 1.82) is 0 Å². The summed E-state index contributed by atoms with van der Waals surface area (Å²) < 4.78 is 49.7. The third-order valence-electron chi connectivity index (χ3n) is 2.65. The molecule has 4 nitrogen and oxygen atoms in total. The third kappa shape index (κ3) is 4.87. The lowest BCUT2D eigenvalue weighted by Crippen LogP contribution is -2.41. The molecule has 0 saturated carbocycles. The van der Waals surface area contributed by atoms with Crippen molar-refractivity contribution < 1.29 is 22.4 Å². The van der Waals surface area contributed by atoms with Crippen LogP contribution >= 0.6 is 0 Å². The molecule has 1 rings (SSSR count). The van der Waals surface area contributed by atoms with Gasteiger partial charge >= 0.3 is 12.3 Å². The second-order valence-corrected chi connectivity index (χ2v) is 4.54. The van der Waals surface area contributed by atoms with Crippen LogP contribution < -0.4 is 10.6 Å². The molecule has 0 aliphatic carbocycles. The number of carbonyl (C=O) groups excluding carboxylic acids is 1. The molecule has 0 unspecified atom stereocenters. The minimum Gasteiger partial charge on any atom is -0.384 e. The number of hydrogen-bond donors (Lipinski definition) is 2. The number of aryl methyl sites for hydroxylation is 1. The molecule has 0 spiro atoms. The predicted molar refractivity (Wildman–Crippen MR) is 71.0 cm³/mol. The molecule has 0 atom stereocenters. The summed E-state index contributed by atoms with van der Waals surface area (Å²) in [6, 6.07) is 1.59. The zero-order valence-corrected chi connectivity index (χ0v) is 11.7. The van der Waals surface area contributed by atoms with Crippen molar-refractivity contribution in [1.82, 2.24) is 10.3 Å². The Morgan fingerprint density at radius 3 is 2.67 bits per heavy atom. The van der Waals surface area contributed by atoms with Gasteiger partial charge in [-0.2, -0.15) is 8.78 Å². The van der Waals surface area contributed by atoms with Crippen LogP contribution in [0.5, 0.6) is 0 Å². The third-order valence-corrected chi connectivity index (χ3v) is 2.65. The van der Waals surface area contributed by atoms with E-state index in [1.54, 1.807) is 13.0 Å². The molecule has 1 aromatic heterocycles. The lowest BCUT2D eigenvalue weighted by Gasteiger charge is -2.17. The number of aromatic nitrogens is 1. The van der Waals surface area contributed by atoms with E-state index >= 15 is 0 Å². The Labute approximate surface area is 119 Å². The number of halogens is 4. The Morgan fingerprint density at radius 2 is 2.10 bits per heavy atom. The number of anilines is 1. The van der Waals surface area contributed by atoms with E-state index < -0.39 is 24.8 Å². The first-order valence-electron chi connectivity index (χ1n) is 6.42. The highest BCUT2D eigenvalue weighted by molar-refractivity contribution is 5.99. The van der Waals surface area contributed by atoms with Crippen LogP contribution in [0.2, 0.25) is 0 Å². The molecule has 0 aliphatic rings. The Kier molecular flexibility index (Phi) is 5.92. The molecule has 1 amide bonds. The topological polar surface area (TPSA) is 54.0 Å². The summed E-state index contributed by atoms with van der Waals surface area (Å²) in [5, 5.41) is 4.78. The van der Waals surface area contributed by atoms with Crippen molar-refractivity contribution in [3.05, 3.63) is 23.5 Å². The molecule has 0 aliphatic heterocycles. The number of amides is 1. The van der Waals surface area contributed by atoms with E-state index in [-0.39, 0.29) is 5.56 Å². The van der Waals surface area contributed by atoms with Crippen LogP contribution in [-0.4, -0.2) is 36.3 Å². The highest BCUT2D eigenvalue weighted by Crippen LogP contribution is 2.22. The summed E-state index contributed by atoms with van der Waals surface area (Å²) in [7, 11) is 0. The summed E-state index contributed by atoms with van der Waals surface area (Å²) >= 11 is 0. The van der Waals surface area contributed by atoms with Gasteiger partial charge in [0.05, 0.1) is 17.8 Å². The lowest BCUT2D eigenvalue weighted by molar-refractivity contribution is -0.123. The molecule has 1 aromatic rings. The standard InChI is InChI=1S/C13H17F4N3O/c1-3-4-18-10-5-8(2)19-6-9(10)11(21)20-7-13(16,17)12(14)15/h5-6,12H,3-4,7H2,1-2H3,(H,18,19)(H,20,21). The van der Waals surface area contributed by atoms with Gasteiger partial charge in [-0.25, -0.2) is 8.78 Å². The summed E-state index contributed by atoms with van der Waals surface area (Å²) in [6.45, 7) is 2.79. The average molecular weight is 307 g/mol. The monoisotopic (exact) mass is 307 g/mol. The predicted octanol–water partition coefficient (Wildman–Crippen LogP) is 2.84. The average Bonchev–Trinajstić information content (AvgIpc) is 2.42. The van der Waals surface area contributed by atoms with Crippen molar-refractivity contribution in [2.24, 2.45) is 0 Å². The maximum absolute atomic E-state index is 12.8. The van der Waals surface area contributed by atoms with Gasteiger partial charge < -0.3 is 10.6 Å². The smallest absolute Gasteiger partial charge is 0.324 e. The molecule has 2 N–H and O–H groups in total. The number of pyridine rings is 1. The fourth-order valence-corrected chi connectivity index (χ4v) is 1.52. The zero-order chi connectivity index (χ0) is 16.0. The van der Waals surface area contributed by atoms with E-state index in [9.17, 15) is 22.4 Å². The molecule has 0 fully saturated rings. The Hall–Kier alpha value is -1.86. The van der Waals surface area contributed by atoms with Gasteiger partial charge in [0.15, 0.2) is 0 Å². The molecule has 8 heteroatoms. The van der Waals surface area contributed by atoms with Crippen molar-refractivity contribution in [3.63, 3.8) is 0 Å². The first kappa shape index (κ1) is 17.2. The first-order chi connectivity index (χ1) is 9.77. The van der Waals surface area contributed by atoms with E-state index in [1.165, 1.54) is 6.20 Å². The van der Waals surface area contributed by atoms with E-state index in [1.807, 2.05) is 12.2 Å². The fraction of sp³-hybridized carbons (Fsp3) is 0.538. The normalized spacial score (nSPS) is 11.6. The highest BCUT2D eigenvalue weighted by Gasteiger charge is 2.41. The molecule has 1 heterocycles. The van der Waals surface area contributed by atoms with E-state index in [4.69, 9.17) is 0 Å². The van der Waals surface area contributed by atoms with Crippen LogP contribution in [0.15, 0.2) is 12.3 Å². The van der Waals surface area contributed by atoms with E-state index in [2.05, 4.69) is 10.3 Å². The molecule has 0 bridgehead atoms. The van der Waals surface area contributed by atoms with Crippen LogP contribution in [0.4, 0.5) is 23.2 Å². The lowest BCUT2D eigenvalue weighted by atomic mass is 10.2. The largest absolute Gasteiger partial charge is 0.384 e. The number of rotatable bonds is 7. The Morgan fingerprint density at radius 1 is 1.43 bits per heavy atom. The van der Waals surface area contributed by atoms with Gasteiger partial charge in [-0.1, -0.05) is 6.92 Å². The summed E-state index contributed by atoms with van der Waals surface area (Å²) in [5.41, 5.74) is 1.12. The second kappa shape index (κ2) is 7.24. The fourth-order valence-electron chi connectivity index (χ4n) is 1.52. The van der Waals surface area contributed by atoms with Crippen molar-refractivity contribution in [3.8, 4) is 0 Å². The maximum atomic E-state index is 12.8. The van der Waals surface area contributed by atoms with Crippen molar-refractivity contribution in [2.45, 2.75) is 32.6 Å². The zero-order valence-electron chi connectivity index (χ0n) is 11.7. The number of alkyl halides is 4. The minimum atomic E-state index is -4.26. The Bertz CT molecular complexity index is 494. The van der Waals surface area contributed by atoms with Crippen LogP contribution in [0, 0.1) is 6.92 Å². The quantitative estimate of drug-likeness (QED) is 0.762. The number of carbonyl (C=O) groups is 1. The molecule has 118 valence electrons. The highest BCUT2D eigenvalue weighted by atomic mass is 19.3. The number of hydrogen-bond acceptors (Lipinski definition) is 3. The van der Waals surface area contributed by atoms with Gasteiger partial charge in [-0.15, -0.1) is 0 Å². The van der Waals surface area contributed by atoms with Gasteiger partial charge in [0, 0.05) is 18.4 Å². The summed E-state index contributed by atoms with van der Waals surface area (Å²) in [6.07, 6.45) is -1.80. The summed E-state index contributed by atoms with van der Waals surface area (Å²) in [5.74, 6) is -5.13. The molecule has 21 heavy (non-hydrogen) atoms. The second-order valence-electron chi connectivity index (χ2n) is 4.54. The van der Waals surface area contributed by atoms with Gasteiger partial charge in [0.25, 0.3) is 5.91 Å². The molecule has 0 radical (unpaired) electrons. The maximum Gasteiger partial charge on any atom is 0.324 e. The molecular formula is C13H17F4N3O. The van der Waals surface area contributed by atoms with Gasteiger partial charge in [-0.3, -0.25) is 9.78 Å². The molecular weight excluding hydrogens is 290 g/mol. The van der Waals surface area contributed by atoms with Crippen LogP contribution in [0.3, 0.4) is 0 Å². The van der Waals surface area contributed by atoms with Crippen LogP contribution in [0.25, 0.3) is 0 Å². The SMILES string of the molecule is CCCNc1cc(C)ncc1C(=O)NCC(F)(F)C(F)F. The van der Waals surface area contributed by atoms with Gasteiger partial charge in [0.1, 0.15) is 0 Å².